The van der Waals surface area contributed by atoms with E-state index in [4.69, 9.17) is 4.74 Å². The molecule has 1 heterocycles. The van der Waals surface area contributed by atoms with Gasteiger partial charge in [0.25, 0.3) is 5.91 Å². The van der Waals surface area contributed by atoms with Gasteiger partial charge in [-0.1, -0.05) is 32.0 Å². The zero-order valence-electron chi connectivity index (χ0n) is 16.5. The van der Waals surface area contributed by atoms with E-state index in [1.807, 2.05) is 19.9 Å². The van der Waals surface area contributed by atoms with Crippen LogP contribution in [0.4, 0.5) is 0 Å². The summed E-state index contributed by atoms with van der Waals surface area (Å²) in [6.45, 7) is 7.85. The molecule has 1 aromatic carbocycles. The summed E-state index contributed by atoms with van der Waals surface area (Å²) in [6.07, 6.45) is 0. The van der Waals surface area contributed by atoms with Gasteiger partial charge in [0.2, 0.25) is 0 Å². The molecule has 0 fully saturated rings. The lowest BCUT2D eigenvalue weighted by Crippen LogP contribution is -2.38. The number of aromatic amines is 1. The van der Waals surface area contributed by atoms with Crippen LogP contribution in [0.25, 0.3) is 0 Å². The fourth-order valence-electron chi connectivity index (χ4n) is 3.15. The maximum absolute atomic E-state index is 13.0. The van der Waals surface area contributed by atoms with Gasteiger partial charge in [-0.05, 0) is 37.5 Å². The van der Waals surface area contributed by atoms with Crippen LogP contribution in [-0.4, -0.2) is 47.7 Å². The number of esters is 1. The van der Waals surface area contributed by atoms with Gasteiger partial charge in [0.1, 0.15) is 5.69 Å². The number of aryl methyl sites for hydroxylation is 1. The van der Waals surface area contributed by atoms with Gasteiger partial charge < -0.3 is 14.6 Å². The number of nitrogens with one attached hydrogen (secondary N) is 1. The van der Waals surface area contributed by atoms with E-state index in [0.29, 0.717) is 28.9 Å². The number of H-pyrrole nitrogens is 1. The number of ether oxygens (including phenoxy) is 1. The van der Waals surface area contributed by atoms with E-state index < -0.39 is 5.97 Å². The number of hydrogen-bond donors (Lipinski definition) is 1. The molecule has 0 bridgehead atoms. The first-order valence-electron chi connectivity index (χ1n) is 8.91. The third-order valence-corrected chi connectivity index (χ3v) is 4.33. The molecule has 144 valence electrons. The van der Waals surface area contributed by atoms with E-state index in [9.17, 15) is 14.4 Å². The normalized spacial score (nSPS) is 10.7. The summed E-state index contributed by atoms with van der Waals surface area (Å²) in [4.78, 5) is 42.2. The van der Waals surface area contributed by atoms with Crippen molar-refractivity contribution in [3.63, 3.8) is 0 Å². The zero-order valence-corrected chi connectivity index (χ0v) is 16.5. The van der Waals surface area contributed by atoms with E-state index >= 15 is 0 Å². The third-order valence-electron chi connectivity index (χ3n) is 4.33. The van der Waals surface area contributed by atoms with Crippen molar-refractivity contribution in [3.05, 3.63) is 58.4 Å². The molecule has 0 radical (unpaired) electrons. The molecule has 0 saturated carbocycles. The number of rotatable bonds is 7. The molecule has 1 amide bonds. The Morgan fingerprint density at radius 1 is 1.11 bits per heavy atom. The Morgan fingerprint density at radius 3 is 2.30 bits per heavy atom. The zero-order chi connectivity index (χ0) is 20.1. The SMILES string of the molecule is COC(=O)c1[nH]c(C)c(C(=O)CN(CC(C)C)C(=O)c2ccccc2)c1C. The van der Waals surface area contributed by atoms with Crippen LogP contribution in [0.2, 0.25) is 0 Å². The van der Waals surface area contributed by atoms with Gasteiger partial charge in [-0.2, -0.15) is 0 Å². The Morgan fingerprint density at radius 2 is 1.74 bits per heavy atom. The molecule has 0 atom stereocenters. The second-order valence-electron chi connectivity index (χ2n) is 6.99. The molecular weight excluding hydrogens is 344 g/mol. The number of benzene rings is 1. The Kier molecular flexibility index (Phi) is 6.55. The fourth-order valence-corrected chi connectivity index (χ4v) is 3.15. The molecule has 6 nitrogen and oxygen atoms in total. The van der Waals surface area contributed by atoms with E-state index in [-0.39, 0.29) is 29.8 Å². The van der Waals surface area contributed by atoms with Crippen molar-refractivity contribution < 1.29 is 19.1 Å². The number of aromatic nitrogens is 1. The van der Waals surface area contributed by atoms with Gasteiger partial charge in [-0.15, -0.1) is 0 Å². The van der Waals surface area contributed by atoms with Crippen molar-refractivity contribution in [2.24, 2.45) is 5.92 Å². The van der Waals surface area contributed by atoms with Gasteiger partial charge in [0, 0.05) is 23.4 Å². The molecule has 0 unspecified atom stereocenters. The molecule has 0 aliphatic heterocycles. The number of methoxy groups -OCH3 is 1. The number of carbonyl (C=O) groups is 3. The molecule has 0 spiro atoms. The molecule has 0 aliphatic rings. The summed E-state index contributed by atoms with van der Waals surface area (Å²) in [7, 11) is 1.29. The quantitative estimate of drug-likeness (QED) is 0.598. The van der Waals surface area contributed by atoms with E-state index in [1.165, 1.54) is 7.11 Å². The maximum atomic E-state index is 13.0. The van der Waals surface area contributed by atoms with Crippen molar-refractivity contribution >= 4 is 17.7 Å². The number of carbonyl (C=O) groups excluding carboxylic acids is 3. The first kappa shape index (κ1) is 20.4. The summed E-state index contributed by atoms with van der Waals surface area (Å²) in [5, 5.41) is 0. The minimum atomic E-state index is -0.519. The molecule has 1 aromatic heterocycles. The third kappa shape index (κ3) is 4.64. The summed E-state index contributed by atoms with van der Waals surface area (Å²) in [5.41, 5.74) is 2.38. The summed E-state index contributed by atoms with van der Waals surface area (Å²) < 4.78 is 4.75. The van der Waals surface area contributed by atoms with Crippen LogP contribution in [0.5, 0.6) is 0 Å². The fraction of sp³-hybridized carbons (Fsp3) is 0.381. The Balaban J connectivity index is 2.30. The van der Waals surface area contributed by atoms with Gasteiger partial charge in [0.15, 0.2) is 5.78 Å². The van der Waals surface area contributed by atoms with Crippen LogP contribution in [0, 0.1) is 19.8 Å². The van der Waals surface area contributed by atoms with E-state index in [2.05, 4.69) is 4.98 Å². The summed E-state index contributed by atoms with van der Waals surface area (Å²) in [6, 6.07) is 8.91. The average Bonchev–Trinajstić information content (AvgIpc) is 2.94. The Bertz CT molecular complexity index is 837. The first-order valence-corrected chi connectivity index (χ1v) is 8.91. The second-order valence-corrected chi connectivity index (χ2v) is 6.99. The van der Waals surface area contributed by atoms with E-state index in [1.54, 1.807) is 43.0 Å². The predicted molar refractivity (Wildman–Crippen MR) is 103 cm³/mol. The first-order chi connectivity index (χ1) is 12.8. The highest BCUT2D eigenvalue weighted by Crippen LogP contribution is 2.20. The van der Waals surface area contributed by atoms with Gasteiger partial charge >= 0.3 is 5.97 Å². The Hall–Kier alpha value is -2.89. The van der Waals surface area contributed by atoms with Crippen molar-refractivity contribution in [2.45, 2.75) is 27.7 Å². The monoisotopic (exact) mass is 370 g/mol. The largest absolute Gasteiger partial charge is 0.464 e. The molecule has 6 heteroatoms. The minimum Gasteiger partial charge on any atom is -0.464 e. The average molecular weight is 370 g/mol. The lowest BCUT2D eigenvalue weighted by molar-refractivity contribution is 0.0593. The van der Waals surface area contributed by atoms with Crippen molar-refractivity contribution in [1.82, 2.24) is 9.88 Å². The number of ketones is 1. The summed E-state index contributed by atoms with van der Waals surface area (Å²) in [5.74, 6) is -0.698. The lowest BCUT2D eigenvalue weighted by Gasteiger charge is -2.24. The van der Waals surface area contributed by atoms with Crippen LogP contribution in [0.15, 0.2) is 30.3 Å². The standard InChI is InChI=1S/C21H26N2O4/c1-13(2)11-23(20(25)16-9-7-6-8-10-16)12-17(24)18-14(3)19(21(26)27-5)22-15(18)4/h6-10,13,22H,11-12H2,1-5H3. The molecular formula is C21H26N2O4. The highest BCUT2D eigenvalue weighted by molar-refractivity contribution is 6.05. The van der Waals surface area contributed by atoms with Gasteiger partial charge in [0.05, 0.1) is 13.7 Å². The summed E-state index contributed by atoms with van der Waals surface area (Å²) >= 11 is 0. The molecule has 0 aliphatic carbocycles. The number of Topliss-reactive ketones (excluding diaryl/α,β-unsaturated/α-hetero) is 1. The van der Waals surface area contributed by atoms with Crippen LogP contribution >= 0.6 is 0 Å². The van der Waals surface area contributed by atoms with Crippen molar-refractivity contribution in [2.75, 3.05) is 20.2 Å². The molecule has 2 rings (SSSR count). The maximum Gasteiger partial charge on any atom is 0.354 e. The highest BCUT2D eigenvalue weighted by atomic mass is 16.5. The van der Waals surface area contributed by atoms with Crippen LogP contribution in [0.3, 0.4) is 0 Å². The van der Waals surface area contributed by atoms with Crippen molar-refractivity contribution in [3.8, 4) is 0 Å². The molecule has 1 N–H and O–H groups in total. The molecule has 0 saturated heterocycles. The Labute approximate surface area is 159 Å². The predicted octanol–water partition coefficient (Wildman–Crippen LogP) is 3.40. The number of nitrogens with zero attached hydrogens (tertiary/aromatic N) is 1. The lowest BCUT2D eigenvalue weighted by atomic mass is 10.0. The highest BCUT2D eigenvalue weighted by Gasteiger charge is 2.26. The van der Waals surface area contributed by atoms with Gasteiger partial charge in [-0.3, -0.25) is 9.59 Å². The van der Waals surface area contributed by atoms with Gasteiger partial charge in [-0.25, -0.2) is 4.79 Å². The smallest absolute Gasteiger partial charge is 0.354 e. The topological polar surface area (TPSA) is 79.5 Å². The van der Waals surface area contributed by atoms with Crippen LogP contribution in [-0.2, 0) is 4.74 Å². The number of hydrogen-bond acceptors (Lipinski definition) is 4. The minimum absolute atomic E-state index is 0.0496. The number of amides is 1. The van der Waals surface area contributed by atoms with Crippen LogP contribution < -0.4 is 0 Å². The van der Waals surface area contributed by atoms with E-state index in [0.717, 1.165) is 0 Å². The molecule has 27 heavy (non-hydrogen) atoms. The molecule has 2 aromatic rings. The van der Waals surface area contributed by atoms with Crippen molar-refractivity contribution in [1.29, 1.82) is 0 Å². The van der Waals surface area contributed by atoms with Crippen LogP contribution in [0.1, 0.15) is 56.3 Å². The second kappa shape index (κ2) is 8.66.